The number of rotatable bonds is 5. The Morgan fingerprint density at radius 3 is 2.65 bits per heavy atom. The van der Waals surface area contributed by atoms with E-state index in [0.29, 0.717) is 11.5 Å². The van der Waals surface area contributed by atoms with E-state index in [1.54, 1.807) is 0 Å². The highest BCUT2D eigenvalue weighted by Gasteiger charge is 2.24. The van der Waals surface area contributed by atoms with Gasteiger partial charge in [-0.2, -0.15) is 0 Å². The number of ether oxygens (including phenoxy) is 1. The van der Waals surface area contributed by atoms with Crippen LogP contribution in [0.5, 0.6) is 0 Å². The van der Waals surface area contributed by atoms with Crippen LogP contribution in [-0.2, 0) is 4.74 Å². The van der Waals surface area contributed by atoms with E-state index in [-0.39, 0.29) is 0 Å². The second kappa shape index (κ2) is 7.34. The van der Waals surface area contributed by atoms with Gasteiger partial charge in [-0.25, -0.2) is 0 Å². The second-order valence-corrected chi connectivity index (χ2v) is 6.07. The van der Waals surface area contributed by atoms with Gasteiger partial charge in [-0.15, -0.1) is 0 Å². The van der Waals surface area contributed by atoms with Crippen LogP contribution in [0.25, 0.3) is 0 Å². The normalized spacial score (nSPS) is 21.2. The van der Waals surface area contributed by atoms with Crippen molar-refractivity contribution in [3.8, 4) is 0 Å². The zero-order valence-corrected chi connectivity index (χ0v) is 12.1. The molecule has 0 amide bonds. The minimum atomic E-state index is 0.346. The monoisotopic (exact) mass is 242 g/mol. The van der Waals surface area contributed by atoms with Crippen LogP contribution in [0.4, 0.5) is 0 Å². The fourth-order valence-electron chi connectivity index (χ4n) is 2.42. The van der Waals surface area contributed by atoms with Crippen LogP contribution in [0.15, 0.2) is 0 Å². The predicted octanol–water partition coefficient (Wildman–Crippen LogP) is 2.12. The third kappa shape index (κ3) is 5.84. The second-order valence-electron chi connectivity index (χ2n) is 6.07. The van der Waals surface area contributed by atoms with Crippen LogP contribution >= 0.6 is 0 Å². The molecule has 1 N–H and O–H groups in total. The van der Waals surface area contributed by atoms with Crippen molar-refractivity contribution in [3.05, 3.63) is 0 Å². The maximum Gasteiger partial charge on any atom is 0.0593 e. The highest BCUT2D eigenvalue weighted by atomic mass is 16.5. The topological polar surface area (TPSA) is 24.5 Å². The summed E-state index contributed by atoms with van der Waals surface area (Å²) < 4.78 is 5.49. The van der Waals surface area contributed by atoms with Crippen molar-refractivity contribution in [1.29, 1.82) is 0 Å². The third-order valence-electron chi connectivity index (χ3n) is 3.54. The molecule has 1 saturated heterocycles. The summed E-state index contributed by atoms with van der Waals surface area (Å²) in [4.78, 5) is 2.54. The zero-order chi connectivity index (χ0) is 12.7. The third-order valence-corrected chi connectivity index (χ3v) is 3.54. The summed E-state index contributed by atoms with van der Waals surface area (Å²) >= 11 is 0. The van der Waals surface area contributed by atoms with Crippen LogP contribution in [0.2, 0.25) is 0 Å². The van der Waals surface area contributed by atoms with Crippen LogP contribution in [0.3, 0.4) is 0 Å². The molecule has 0 aromatic carbocycles. The Labute approximate surface area is 107 Å². The minimum Gasteiger partial charge on any atom is -0.380 e. The van der Waals surface area contributed by atoms with Gasteiger partial charge >= 0.3 is 0 Å². The summed E-state index contributed by atoms with van der Waals surface area (Å²) in [7, 11) is 0. The molecule has 1 heterocycles. The number of nitrogens with one attached hydrogen (secondary N) is 1. The van der Waals surface area contributed by atoms with E-state index in [4.69, 9.17) is 4.74 Å². The fourth-order valence-corrected chi connectivity index (χ4v) is 2.42. The van der Waals surface area contributed by atoms with Gasteiger partial charge in [-0.3, -0.25) is 0 Å². The lowest BCUT2D eigenvalue weighted by atomic mass is 9.84. The van der Waals surface area contributed by atoms with E-state index >= 15 is 0 Å². The largest absolute Gasteiger partial charge is 0.380 e. The predicted molar refractivity (Wildman–Crippen MR) is 73.4 cm³/mol. The molecular weight excluding hydrogens is 212 g/mol. The lowest BCUT2D eigenvalue weighted by molar-refractivity contribution is 0.138. The molecule has 1 rings (SSSR count). The smallest absolute Gasteiger partial charge is 0.0593 e. The molecule has 0 radical (unpaired) electrons. The first-order valence-corrected chi connectivity index (χ1v) is 7.07. The lowest BCUT2D eigenvalue weighted by Gasteiger charge is -2.33. The first-order chi connectivity index (χ1) is 8.04. The van der Waals surface area contributed by atoms with E-state index in [2.05, 4.69) is 37.9 Å². The Bertz CT molecular complexity index is 193. The molecule has 0 bridgehead atoms. The Hall–Kier alpha value is -0.120. The quantitative estimate of drug-likeness (QED) is 0.799. The molecule has 1 aliphatic heterocycles. The molecule has 0 spiro atoms. The Morgan fingerprint density at radius 2 is 2.00 bits per heavy atom. The highest BCUT2D eigenvalue weighted by molar-refractivity contribution is 4.81. The molecule has 3 nitrogen and oxygen atoms in total. The van der Waals surface area contributed by atoms with E-state index in [9.17, 15) is 0 Å². The summed E-state index contributed by atoms with van der Waals surface area (Å²) in [5, 5.41) is 3.62. The molecular formula is C14H30N2O. The van der Waals surface area contributed by atoms with Gasteiger partial charge in [0.25, 0.3) is 0 Å². The summed E-state index contributed by atoms with van der Waals surface area (Å²) in [5.41, 5.74) is 0.346. The Morgan fingerprint density at radius 1 is 1.24 bits per heavy atom. The van der Waals surface area contributed by atoms with Gasteiger partial charge in [-0.1, -0.05) is 27.7 Å². The van der Waals surface area contributed by atoms with Crippen LogP contribution in [0, 0.1) is 5.41 Å². The average molecular weight is 242 g/mol. The number of nitrogens with zero attached hydrogens (tertiary/aromatic N) is 1. The van der Waals surface area contributed by atoms with Crippen molar-refractivity contribution in [3.63, 3.8) is 0 Å². The SMILES string of the molecule is CCNC(CCN1CCCOCC1)C(C)(C)C. The Balaban J connectivity index is 2.34. The van der Waals surface area contributed by atoms with Gasteiger partial charge in [0.05, 0.1) is 6.61 Å². The van der Waals surface area contributed by atoms with Gasteiger partial charge in [0.1, 0.15) is 0 Å². The van der Waals surface area contributed by atoms with Gasteiger partial charge in [0.2, 0.25) is 0 Å². The van der Waals surface area contributed by atoms with Crippen LogP contribution in [-0.4, -0.2) is 50.3 Å². The van der Waals surface area contributed by atoms with E-state index in [0.717, 1.165) is 26.3 Å². The summed E-state index contributed by atoms with van der Waals surface area (Å²) in [6.45, 7) is 15.6. The first-order valence-electron chi connectivity index (χ1n) is 7.07. The van der Waals surface area contributed by atoms with Crippen molar-refractivity contribution in [2.75, 3.05) is 39.4 Å². The molecule has 0 aromatic rings. The molecule has 1 aliphatic rings. The lowest BCUT2D eigenvalue weighted by Crippen LogP contribution is -2.43. The number of hydrogen-bond donors (Lipinski definition) is 1. The van der Waals surface area contributed by atoms with Gasteiger partial charge in [0.15, 0.2) is 0 Å². The maximum absolute atomic E-state index is 5.49. The molecule has 17 heavy (non-hydrogen) atoms. The van der Waals surface area contributed by atoms with Crippen molar-refractivity contribution in [2.24, 2.45) is 5.41 Å². The zero-order valence-electron chi connectivity index (χ0n) is 12.1. The fraction of sp³-hybridized carbons (Fsp3) is 1.00. The molecule has 0 aliphatic carbocycles. The molecule has 0 aromatic heterocycles. The summed E-state index contributed by atoms with van der Waals surface area (Å²) in [6, 6.07) is 0.608. The van der Waals surface area contributed by atoms with Crippen molar-refractivity contribution in [2.45, 2.75) is 46.6 Å². The van der Waals surface area contributed by atoms with Gasteiger partial charge in [0, 0.05) is 25.7 Å². The number of hydrogen-bond acceptors (Lipinski definition) is 3. The molecule has 1 unspecified atom stereocenters. The van der Waals surface area contributed by atoms with Crippen LogP contribution < -0.4 is 5.32 Å². The standard InChI is InChI=1S/C14H30N2O/c1-5-15-13(14(2,3)4)7-9-16-8-6-11-17-12-10-16/h13,15H,5-12H2,1-4H3. The summed E-state index contributed by atoms with van der Waals surface area (Å²) in [6.07, 6.45) is 2.42. The first kappa shape index (κ1) is 14.9. The minimum absolute atomic E-state index is 0.346. The molecule has 1 atom stereocenters. The highest BCUT2D eigenvalue weighted by Crippen LogP contribution is 2.22. The average Bonchev–Trinajstić information content (AvgIpc) is 2.51. The van der Waals surface area contributed by atoms with Crippen molar-refractivity contribution >= 4 is 0 Å². The summed E-state index contributed by atoms with van der Waals surface area (Å²) in [5.74, 6) is 0. The molecule has 1 fully saturated rings. The van der Waals surface area contributed by atoms with Gasteiger partial charge in [-0.05, 0) is 31.3 Å². The van der Waals surface area contributed by atoms with E-state index in [1.165, 1.54) is 25.9 Å². The van der Waals surface area contributed by atoms with Gasteiger partial charge < -0.3 is 15.0 Å². The van der Waals surface area contributed by atoms with Crippen LogP contribution in [0.1, 0.15) is 40.5 Å². The Kier molecular flexibility index (Phi) is 6.45. The maximum atomic E-state index is 5.49. The van der Waals surface area contributed by atoms with E-state index < -0.39 is 0 Å². The molecule has 0 saturated carbocycles. The van der Waals surface area contributed by atoms with Crippen molar-refractivity contribution < 1.29 is 4.74 Å². The molecule has 102 valence electrons. The van der Waals surface area contributed by atoms with E-state index in [1.807, 2.05) is 0 Å². The molecule has 3 heteroatoms. The van der Waals surface area contributed by atoms with Crippen molar-refractivity contribution in [1.82, 2.24) is 10.2 Å².